The van der Waals surface area contributed by atoms with E-state index in [1.807, 2.05) is 25.1 Å². The lowest BCUT2D eigenvalue weighted by Gasteiger charge is -2.32. The Labute approximate surface area is 120 Å². The van der Waals surface area contributed by atoms with Crippen molar-refractivity contribution in [3.8, 4) is 0 Å². The highest BCUT2D eigenvalue weighted by Crippen LogP contribution is 2.10. The summed E-state index contributed by atoms with van der Waals surface area (Å²) in [6.45, 7) is 5.24. The number of rotatable bonds is 5. The average molecular weight is 277 g/mol. The van der Waals surface area contributed by atoms with Gasteiger partial charge in [0.1, 0.15) is 6.10 Å². The van der Waals surface area contributed by atoms with E-state index in [1.54, 1.807) is 0 Å². The van der Waals surface area contributed by atoms with Gasteiger partial charge in [-0.15, -0.1) is 0 Å². The summed E-state index contributed by atoms with van der Waals surface area (Å²) in [5, 5.41) is 2.87. The topological polar surface area (TPSA) is 67.6 Å². The van der Waals surface area contributed by atoms with Crippen molar-refractivity contribution in [3.63, 3.8) is 0 Å². The zero-order chi connectivity index (χ0) is 14.4. The number of morpholine rings is 1. The van der Waals surface area contributed by atoms with E-state index in [2.05, 4.69) is 22.3 Å². The number of carbonyl (C=O) groups is 1. The minimum Gasteiger partial charge on any atom is -0.366 e. The molecule has 1 aliphatic heterocycles. The zero-order valence-corrected chi connectivity index (χ0v) is 11.9. The van der Waals surface area contributed by atoms with Crippen LogP contribution in [0.3, 0.4) is 0 Å². The Balaban J connectivity index is 1.87. The molecule has 2 rings (SSSR count). The average Bonchev–Trinajstić information content (AvgIpc) is 2.48. The quantitative estimate of drug-likeness (QED) is 0.815. The SMILES string of the molecule is C[C@@H](CN)NC(=O)C1CN(Cc2ccccc2)CCO1. The van der Waals surface area contributed by atoms with Crippen LogP contribution in [0.2, 0.25) is 0 Å². The van der Waals surface area contributed by atoms with Crippen LogP contribution in [0.1, 0.15) is 12.5 Å². The van der Waals surface area contributed by atoms with Crippen molar-refractivity contribution in [2.45, 2.75) is 25.6 Å². The first-order chi connectivity index (χ1) is 9.69. The zero-order valence-electron chi connectivity index (χ0n) is 11.9. The highest BCUT2D eigenvalue weighted by atomic mass is 16.5. The molecule has 3 N–H and O–H groups in total. The molecule has 5 nitrogen and oxygen atoms in total. The number of carbonyl (C=O) groups excluding carboxylic acids is 1. The molecule has 1 amide bonds. The highest BCUT2D eigenvalue weighted by Gasteiger charge is 2.27. The molecule has 1 saturated heterocycles. The third-order valence-corrected chi connectivity index (χ3v) is 3.43. The highest BCUT2D eigenvalue weighted by molar-refractivity contribution is 5.81. The summed E-state index contributed by atoms with van der Waals surface area (Å²) in [6.07, 6.45) is -0.401. The molecule has 0 aromatic heterocycles. The van der Waals surface area contributed by atoms with Crippen molar-refractivity contribution in [3.05, 3.63) is 35.9 Å². The number of amides is 1. The molecule has 1 unspecified atom stereocenters. The van der Waals surface area contributed by atoms with Gasteiger partial charge in [0, 0.05) is 32.2 Å². The van der Waals surface area contributed by atoms with Gasteiger partial charge in [0.2, 0.25) is 0 Å². The molecule has 1 aliphatic rings. The van der Waals surface area contributed by atoms with Gasteiger partial charge in [0.15, 0.2) is 0 Å². The summed E-state index contributed by atoms with van der Waals surface area (Å²) >= 11 is 0. The fourth-order valence-electron chi connectivity index (χ4n) is 2.24. The Bertz CT molecular complexity index is 424. The van der Waals surface area contributed by atoms with Crippen molar-refractivity contribution in [2.24, 2.45) is 5.73 Å². The smallest absolute Gasteiger partial charge is 0.250 e. The van der Waals surface area contributed by atoms with E-state index in [1.165, 1.54) is 5.56 Å². The number of ether oxygens (including phenoxy) is 1. The van der Waals surface area contributed by atoms with E-state index in [0.717, 1.165) is 13.1 Å². The molecule has 1 heterocycles. The van der Waals surface area contributed by atoms with Crippen molar-refractivity contribution in [1.29, 1.82) is 0 Å². The molecule has 0 radical (unpaired) electrons. The molecule has 0 spiro atoms. The van der Waals surface area contributed by atoms with E-state index < -0.39 is 6.10 Å². The van der Waals surface area contributed by atoms with Crippen LogP contribution >= 0.6 is 0 Å². The third-order valence-electron chi connectivity index (χ3n) is 3.43. The minimum atomic E-state index is -0.401. The number of benzene rings is 1. The van der Waals surface area contributed by atoms with Crippen molar-refractivity contribution < 1.29 is 9.53 Å². The second kappa shape index (κ2) is 7.38. The third kappa shape index (κ3) is 4.30. The van der Waals surface area contributed by atoms with Crippen LogP contribution in [-0.2, 0) is 16.1 Å². The van der Waals surface area contributed by atoms with E-state index in [9.17, 15) is 4.79 Å². The van der Waals surface area contributed by atoms with Crippen LogP contribution < -0.4 is 11.1 Å². The lowest BCUT2D eigenvalue weighted by atomic mass is 10.2. The van der Waals surface area contributed by atoms with Gasteiger partial charge in [-0.1, -0.05) is 30.3 Å². The van der Waals surface area contributed by atoms with Gasteiger partial charge in [-0.05, 0) is 12.5 Å². The molecular weight excluding hydrogens is 254 g/mol. The van der Waals surface area contributed by atoms with Gasteiger partial charge in [0.25, 0.3) is 5.91 Å². The van der Waals surface area contributed by atoms with E-state index in [0.29, 0.717) is 19.7 Å². The molecule has 1 fully saturated rings. The van der Waals surface area contributed by atoms with E-state index in [-0.39, 0.29) is 11.9 Å². The largest absolute Gasteiger partial charge is 0.366 e. The number of nitrogens with two attached hydrogens (primary N) is 1. The van der Waals surface area contributed by atoms with Gasteiger partial charge >= 0.3 is 0 Å². The van der Waals surface area contributed by atoms with Gasteiger partial charge < -0.3 is 15.8 Å². The number of hydrogen-bond donors (Lipinski definition) is 2. The Kier molecular flexibility index (Phi) is 5.52. The Hall–Kier alpha value is -1.43. The standard InChI is InChI=1S/C15H23N3O2/c1-12(9-16)17-15(19)14-11-18(7-8-20-14)10-13-5-3-2-4-6-13/h2-6,12,14H,7-11,16H2,1H3,(H,17,19)/t12-,14?/m0/s1. The first kappa shape index (κ1) is 15.0. The summed E-state index contributed by atoms with van der Waals surface area (Å²) in [5.41, 5.74) is 6.77. The molecule has 1 aromatic carbocycles. The molecule has 1 aromatic rings. The first-order valence-corrected chi connectivity index (χ1v) is 7.07. The lowest BCUT2D eigenvalue weighted by molar-refractivity contribution is -0.139. The summed E-state index contributed by atoms with van der Waals surface area (Å²) < 4.78 is 5.56. The monoisotopic (exact) mass is 277 g/mol. The van der Waals surface area contributed by atoms with Gasteiger partial charge in [-0.2, -0.15) is 0 Å². The van der Waals surface area contributed by atoms with Crippen LogP contribution in [0.15, 0.2) is 30.3 Å². The Morgan fingerprint density at radius 2 is 2.25 bits per heavy atom. The summed E-state index contributed by atoms with van der Waals surface area (Å²) in [6, 6.07) is 10.2. The molecule has 110 valence electrons. The van der Waals surface area contributed by atoms with E-state index in [4.69, 9.17) is 10.5 Å². The predicted octanol–water partition coefficient (Wildman–Crippen LogP) is 0.351. The maximum atomic E-state index is 12.0. The van der Waals surface area contributed by atoms with Crippen LogP contribution in [0, 0.1) is 0 Å². The second-order valence-corrected chi connectivity index (χ2v) is 5.23. The Morgan fingerprint density at radius 1 is 1.50 bits per heavy atom. The van der Waals surface area contributed by atoms with Gasteiger partial charge in [0.05, 0.1) is 6.61 Å². The van der Waals surface area contributed by atoms with Crippen LogP contribution in [0.5, 0.6) is 0 Å². The Morgan fingerprint density at radius 3 is 2.95 bits per heavy atom. The molecule has 5 heteroatoms. The van der Waals surface area contributed by atoms with Crippen LogP contribution in [-0.4, -0.2) is 49.2 Å². The summed E-state index contributed by atoms with van der Waals surface area (Å²) in [7, 11) is 0. The molecular formula is C15H23N3O2. The number of nitrogens with one attached hydrogen (secondary N) is 1. The molecule has 0 bridgehead atoms. The molecule has 0 saturated carbocycles. The van der Waals surface area contributed by atoms with Crippen molar-refractivity contribution >= 4 is 5.91 Å². The number of nitrogens with zero attached hydrogens (tertiary/aromatic N) is 1. The van der Waals surface area contributed by atoms with Crippen LogP contribution in [0.25, 0.3) is 0 Å². The fraction of sp³-hybridized carbons (Fsp3) is 0.533. The minimum absolute atomic E-state index is 0.0180. The lowest BCUT2D eigenvalue weighted by Crippen LogP contribution is -2.52. The van der Waals surface area contributed by atoms with Crippen LogP contribution in [0.4, 0.5) is 0 Å². The van der Waals surface area contributed by atoms with E-state index >= 15 is 0 Å². The van der Waals surface area contributed by atoms with Crippen molar-refractivity contribution in [1.82, 2.24) is 10.2 Å². The summed E-state index contributed by atoms with van der Waals surface area (Å²) in [4.78, 5) is 14.3. The predicted molar refractivity (Wildman–Crippen MR) is 78.1 cm³/mol. The number of hydrogen-bond acceptors (Lipinski definition) is 4. The molecule has 0 aliphatic carbocycles. The maximum absolute atomic E-state index is 12.0. The molecule has 2 atom stereocenters. The fourth-order valence-corrected chi connectivity index (χ4v) is 2.24. The van der Waals surface area contributed by atoms with Gasteiger partial charge in [-0.25, -0.2) is 0 Å². The summed E-state index contributed by atoms with van der Waals surface area (Å²) in [5.74, 6) is -0.0688. The molecule has 20 heavy (non-hydrogen) atoms. The van der Waals surface area contributed by atoms with Crippen molar-refractivity contribution in [2.75, 3.05) is 26.2 Å². The second-order valence-electron chi connectivity index (χ2n) is 5.23. The normalized spacial score (nSPS) is 21.4. The van der Waals surface area contributed by atoms with Gasteiger partial charge in [-0.3, -0.25) is 9.69 Å². The maximum Gasteiger partial charge on any atom is 0.250 e. The first-order valence-electron chi connectivity index (χ1n) is 7.07.